The molecule has 0 fully saturated rings. The van der Waals surface area contributed by atoms with Crippen LogP contribution in [-0.4, -0.2) is 28.9 Å². The lowest BCUT2D eigenvalue weighted by molar-refractivity contribution is -0.295. The SMILES string of the molecule is O=C(OC(F)(F)F)N1CCc2ncccc2C1. The number of pyridine rings is 1. The van der Waals surface area contributed by atoms with Crippen molar-refractivity contribution in [1.29, 1.82) is 0 Å². The first-order chi connectivity index (χ1) is 7.96. The zero-order valence-electron chi connectivity index (χ0n) is 8.70. The molecule has 1 aliphatic rings. The molecular formula is C10H9F3N2O2. The Bertz CT molecular complexity index is 434. The van der Waals surface area contributed by atoms with Crippen molar-refractivity contribution in [3.8, 4) is 0 Å². The normalized spacial score (nSPS) is 15.4. The molecule has 0 aromatic carbocycles. The van der Waals surface area contributed by atoms with Crippen LogP contribution >= 0.6 is 0 Å². The predicted molar refractivity (Wildman–Crippen MR) is 50.9 cm³/mol. The lowest BCUT2D eigenvalue weighted by Crippen LogP contribution is -2.39. The van der Waals surface area contributed by atoms with Crippen LogP contribution in [0.2, 0.25) is 0 Å². The number of carbonyl (C=O) groups excluding carboxylic acids is 1. The van der Waals surface area contributed by atoms with Gasteiger partial charge in [0.25, 0.3) is 0 Å². The average molecular weight is 246 g/mol. The first-order valence-electron chi connectivity index (χ1n) is 4.93. The Hall–Kier alpha value is -1.79. The van der Waals surface area contributed by atoms with E-state index in [9.17, 15) is 18.0 Å². The molecule has 0 spiro atoms. The zero-order chi connectivity index (χ0) is 12.5. The number of hydrogen-bond donors (Lipinski definition) is 0. The third kappa shape index (κ3) is 2.86. The van der Waals surface area contributed by atoms with Crippen LogP contribution in [0.4, 0.5) is 18.0 Å². The van der Waals surface area contributed by atoms with E-state index in [0.717, 1.165) is 16.2 Å². The summed E-state index contributed by atoms with van der Waals surface area (Å²) in [5.74, 6) is 0. The molecule has 2 heterocycles. The van der Waals surface area contributed by atoms with Gasteiger partial charge in [0.15, 0.2) is 0 Å². The van der Waals surface area contributed by atoms with E-state index < -0.39 is 12.5 Å². The molecule has 0 radical (unpaired) electrons. The summed E-state index contributed by atoms with van der Waals surface area (Å²) in [6.07, 6.45) is -4.26. The number of ether oxygens (including phenoxy) is 1. The van der Waals surface area contributed by atoms with Crippen LogP contribution in [0.1, 0.15) is 11.3 Å². The minimum atomic E-state index is -4.94. The number of rotatable bonds is 0. The van der Waals surface area contributed by atoms with Crippen molar-refractivity contribution in [2.75, 3.05) is 6.54 Å². The van der Waals surface area contributed by atoms with Crippen LogP contribution in [-0.2, 0) is 17.7 Å². The summed E-state index contributed by atoms with van der Waals surface area (Å²) in [5.41, 5.74) is 1.56. The minimum Gasteiger partial charge on any atom is -0.356 e. The highest BCUT2D eigenvalue weighted by Gasteiger charge is 2.36. The number of nitrogens with zero attached hydrogens (tertiary/aromatic N) is 2. The van der Waals surface area contributed by atoms with Gasteiger partial charge in [-0.05, 0) is 11.6 Å². The van der Waals surface area contributed by atoms with Crippen molar-refractivity contribution >= 4 is 6.09 Å². The quantitative estimate of drug-likeness (QED) is 0.704. The summed E-state index contributed by atoms with van der Waals surface area (Å²) in [6.45, 7) is 0.275. The van der Waals surface area contributed by atoms with Crippen LogP contribution in [0.25, 0.3) is 0 Å². The van der Waals surface area contributed by atoms with E-state index in [-0.39, 0.29) is 13.1 Å². The van der Waals surface area contributed by atoms with Gasteiger partial charge in [0, 0.05) is 24.9 Å². The molecule has 0 N–H and O–H groups in total. The molecular weight excluding hydrogens is 237 g/mol. The molecule has 0 saturated heterocycles. The fraction of sp³-hybridized carbons (Fsp3) is 0.400. The Morgan fingerprint density at radius 2 is 2.24 bits per heavy atom. The highest BCUT2D eigenvalue weighted by molar-refractivity contribution is 5.68. The van der Waals surface area contributed by atoms with Gasteiger partial charge in [0.05, 0.1) is 6.54 Å². The van der Waals surface area contributed by atoms with Crippen molar-refractivity contribution in [1.82, 2.24) is 9.88 Å². The molecule has 1 aromatic heterocycles. The summed E-state index contributed by atoms with van der Waals surface area (Å²) >= 11 is 0. The van der Waals surface area contributed by atoms with Crippen molar-refractivity contribution < 1.29 is 22.7 Å². The molecule has 1 aliphatic heterocycles. The maximum Gasteiger partial charge on any atom is 0.576 e. The monoisotopic (exact) mass is 246 g/mol. The van der Waals surface area contributed by atoms with E-state index in [2.05, 4.69) is 9.72 Å². The fourth-order valence-electron chi connectivity index (χ4n) is 1.69. The zero-order valence-corrected chi connectivity index (χ0v) is 8.70. The van der Waals surface area contributed by atoms with Gasteiger partial charge in [0.2, 0.25) is 0 Å². The predicted octanol–water partition coefficient (Wildman–Crippen LogP) is 2.10. The Morgan fingerprint density at radius 3 is 2.94 bits per heavy atom. The van der Waals surface area contributed by atoms with Crippen LogP contribution < -0.4 is 0 Å². The van der Waals surface area contributed by atoms with Crippen molar-refractivity contribution in [2.45, 2.75) is 19.3 Å². The number of amides is 1. The highest BCUT2D eigenvalue weighted by Crippen LogP contribution is 2.21. The van der Waals surface area contributed by atoms with Crippen LogP contribution in [0.5, 0.6) is 0 Å². The Kier molecular flexibility index (Phi) is 2.91. The summed E-state index contributed by atoms with van der Waals surface area (Å²) in [5, 5.41) is 0. The minimum absolute atomic E-state index is 0.0953. The number of hydrogen-bond acceptors (Lipinski definition) is 3. The van der Waals surface area contributed by atoms with Crippen molar-refractivity contribution in [3.63, 3.8) is 0 Å². The van der Waals surface area contributed by atoms with E-state index in [0.29, 0.717) is 6.42 Å². The van der Waals surface area contributed by atoms with Gasteiger partial charge in [0.1, 0.15) is 0 Å². The Balaban J connectivity index is 2.05. The van der Waals surface area contributed by atoms with Gasteiger partial charge in [-0.25, -0.2) is 4.79 Å². The maximum atomic E-state index is 11.9. The fourth-order valence-corrected chi connectivity index (χ4v) is 1.69. The molecule has 1 aromatic rings. The molecule has 0 aliphatic carbocycles. The standard InChI is InChI=1S/C10H9F3N2O2/c11-10(12,13)17-9(16)15-5-3-8-7(6-15)2-1-4-14-8/h1-2,4H,3,5-6H2. The number of alkyl halides is 3. The van der Waals surface area contributed by atoms with Crippen molar-refractivity contribution in [2.24, 2.45) is 0 Å². The van der Waals surface area contributed by atoms with Crippen molar-refractivity contribution in [3.05, 3.63) is 29.6 Å². The maximum absolute atomic E-state index is 11.9. The van der Waals surface area contributed by atoms with Crippen LogP contribution in [0.15, 0.2) is 18.3 Å². The van der Waals surface area contributed by atoms with E-state index in [1.807, 2.05) is 0 Å². The third-order valence-electron chi connectivity index (χ3n) is 2.43. The second kappa shape index (κ2) is 4.23. The summed E-state index contributed by atoms with van der Waals surface area (Å²) < 4.78 is 39.0. The number of carbonyl (C=O) groups is 1. The molecule has 1 amide bonds. The van der Waals surface area contributed by atoms with Gasteiger partial charge in [-0.2, -0.15) is 0 Å². The van der Waals surface area contributed by atoms with Gasteiger partial charge in [-0.1, -0.05) is 6.07 Å². The van der Waals surface area contributed by atoms with Gasteiger partial charge < -0.3 is 9.64 Å². The van der Waals surface area contributed by atoms with E-state index in [1.165, 1.54) is 0 Å². The molecule has 0 atom stereocenters. The molecule has 7 heteroatoms. The summed E-state index contributed by atoms with van der Waals surface area (Å²) in [7, 11) is 0. The molecule has 2 rings (SSSR count). The van der Waals surface area contributed by atoms with Crippen LogP contribution in [0.3, 0.4) is 0 Å². The number of halogens is 3. The largest absolute Gasteiger partial charge is 0.576 e. The first kappa shape index (κ1) is 11.7. The van der Waals surface area contributed by atoms with E-state index in [4.69, 9.17) is 0 Å². The molecule has 0 bridgehead atoms. The smallest absolute Gasteiger partial charge is 0.356 e. The summed E-state index contributed by atoms with van der Waals surface area (Å²) in [4.78, 5) is 16.3. The molecule has 92 valence electrons. The Morgan fingerprint density at radius 1 is 1.47 bits per heavy atom. The van der Waals surface area contributed by atoms with E-state index >= 15 is 0 Å². The molecule has 4 nitrogen and oxygen atoms in total. The van der Waals surface area contributed by atoms with E-state index in [1.54, 1.807) is 18.3 Å². The van der Waals surface area contributed by atoms with Gasteiger partial charge in [-0.15, -0.1) is 13.2 Å². The topological polar surface area (TPSA) is 42.4 Å². The third-order valence-corrected chi connectivity index (χ3v) is 2.43. The molecule has 17 heavy (non-hydrogen) atoms. The lowest BCUT2D eigenvalue weighted by Gasteiger charge is -2.27. The highest BCUT2D eigenvalue weighted by atomic mass is 19.4. The average Bonchev–Trinajstić information content (AvgIpc) is 2.26. The first-order valence-corrected chi connectivity index (χ1v) is 4.93. The van der Waals surface area contributed by atoms with Crippen LogP contribution in [0, 0.1) is 0 Å². The Labute approximate surface area is 95.0 Å². The summed E-state index contributed by atoms with van der Waals surface area (Å²) in [6, 6.07) is 3.41. The number of fused-ring (bicyclic) bond motifs is 1. The van der Waals surface area contributed by atoms with Gasteiger partial charge >= 0.3 is 12.5 Å². The van der Waals surface area contributed by atoms with Gasteiger partial charge in [-0.3, -0.25) is 4.98 Å². The lowest BCUT2D eigenvalue weighted by atomic mass is 10.1. The second-order valence-electron chi connectivity index (χ2n) is 3.59. The molecule has 0 unspecified atom stereocenters. The second-order valence-corrected chi connectivity index (χ2v) is 3.59. The number of aromatic nitrogens is 1. The molecule has 0 saturated carbocycles.